The highest BCUT2D eigenvalue weighted by molar-refractivity contribution is 9.11. The average Bonchev–Trinajstić information content (AvgIpc) is 3.06. The number of rotatable bonds is 4. The summed E-state index contributed by atoms with van der Waals surface area (Å²) in [6.07, 6.45) is 0. The van der Waals surface area contributed by atoms with Crippen molar-refractivity contribution < 1.29 is 9.47 Å². The van der Waals surface area contributed by atoms with E-state index in [1.807, 2.05) is 36.4 Å². The van der Waals surface area contributed by atoms with Gasteiger partial charge < -0.3 is 15.2 Å². The minimum absolute atomic E-state index is 0.203. The van der Waals surface area contributed by atoms with Crippen LogP contribution in [0.1, 0.15) is 5.56 Å². The zero-order chi connectivity index (χ0) is 18.0. The maximum Gasteiger partial charge on any atom is 0.161 e. The molecular formula is C18H14BrN3O2S. The number of nitrogen functional groups attached to an aromatic ring is 1. The SMILES string of the molecule is COc1ccc(-c2cc(-c3ccc(Br)s3)c(C#N)c(N)n2)cc1OC. The number of pyridine rings is 1. The van der Waals surface area contributed by atoms with Gasteiger partial charge in [-0.15, -0.1) is 11.3 Å². The zero-order valence-electron chi connectivity index (χ0n) is 13.5. The molecule has 5 nitrogen and oxygen atoms in total. The number of benzene rings is 1. The number of hydrogen-bond acceptors (Lipinski definition) is 6. The van der Waals surface area contributed by atoms with Gasteiger partial charge in [-0.3, -0.25) is 0 Å². The second kappa shape index (κ2) is 7.13. The first-order valence-corrected chi connectivity index (χ1v) is 8.87. The van der Waals surface area contributed by atoms with Gasteiger partial charge in [-0.05, 0) is 52.3 Å². The van der Waals surface area contributed by atoms with E-state index in [2.05, 4.69) is 27.0 Å². The Labute approximate surface area is 157 Å². The number of thiophene rings is 1. The summed E-state index contributed by atoms with van der Waals surface area (Å²) in [6.45, 7) is 0. The van der Waals surface area contributed by atoms with Crippen LogP contribution in [0, 0.1) is 11.3 Å². The van der Waals surface area contributed by atoms with Crippen molar-refractivity contribution in [1.29, 1.82) is 5.26 Å². The molecule has 0 radical (unpaired) electrons. The third-order valence-corrected chi connectivity index (χ3v) is 5.33. The van der Waals surface area contributed by atoms with Gasteiger partial charge in [0, 0.05) is 16.0 Å². The maximum absolute atomic E-state index is 9.47. The van der Waals surface area contributed by atoms with Gasteiger partial charge in [-0.1, -0.05) is 0 Å². The van der Waals surface area contributed by atoms with Gasteiger partial charge in [-0.2, -0.15) is 5.26 Å². The predicted molar refractivity (Wildman–Crippen MR) is 103 cm³/mol. The molecular weight excluding hydrogens is 402 g/mol. The molecule has 0 saturated carbocycles. The van der Waals surface area contributed by atoms with Crippen LogP contribution in [0.4, 0.5) is 5.82 Å². The van der Waals surface area contributed by atoms with Gasteiger partial charge in [0.2, 0.25) is 0 Å². The van der Waals surface area contributed by atoms with Gasteiger partial charge in [0.1, 0.15) is 17.5 Å². The number of aromatic nitrogens is 1. The fourth-order valence-electron chi connectivity index (χ4n) is 2.48. The second-order valence-corrected chi connectivity index (χ2v) is 7.56. The van der Waals surface area contributed by atoms with Crippen molar-refractivity contribution in [1.82, 2.24) is 4.98 Å². The molecule has 0 aliphatic carbocycles. The normalized spacial score (nSPS) is 10.3. The van der Waals surface area contributed by atoms with E-state index in [9.17, 15) is 5.26 Å². The first-order chi connectivity index (χ1) is 12.1. The van der Waals surface area contributed by atoms with Crippen molar-refractivity contribution in [2.24, 2.45) is 0 Å². The van der Waals surface area contributed by atoms with E-state index in [0.29, 0.717) is 22.8 Å². The van der Waals surface area contributed by atoms with Crippen LogP contribution in [-0.4, -0.2) is 19.2 Å². The Bertz CT molecular complexity index is 979. The fourth-order valence-corrected chi connectivity index (χ4v) is 3.89. The van der Waals surface area contributed by atoms with Gasteiger partial charge in [0.25, 0.3) is 0 Å². The van der Waals surface area contributed by atoms with E-state index in [1.165, 1.54) is 11.3 Å². The molecule has 2 heterocycles. The first-order valence-electron chi connectivity index (χ1n) is 7.26. The van der Waals surface area contributed by atoms with Crippen molar-refractivity contribution in [2.45, 2.75) is 0 Å². The lowest BCUT2D eigenvalue weighted by atomic mass is 10.0. The number of anilines is 1. The van der Waals surface area contributed by atoms with Gasteiger partial charge in [-0.25, -0.2) is 4.98 Å². The molecule has 0 amide bonds. The summed E-state index contributed by atoms with van der Waals surface area (Å²) in [6, 6.07) is 13.4. The number of hydrogen-bond donors (Lipinski definition) is 1. The number of nitrogens with zero attached hydrogens (tertiary/aromatic N) is 2. The molecule has 126 valence electrons. The van der Waals surface area contributed by atoms with E-state index in [0.717, 1.165) is 19.8 Å². The third-order valence-electron chi connectivity index (χ3n) is 3.68. The Hall–Kier alpha value is -2.56. The quantitative estimate of drug-likeness (QED) is 0.666. The summed E-state index contributed by atoms with van der Waals surface area (Å²) in [5, 5.41) is 9.47. The van der Waals surface area contributed by atoms with Crippen LogP contribution < -0.4 is 15.2 Å². The smallest absolute Gasteiger partial charge is 0.161 e. The van der Waals surface area contributed by atoms with Crippen LogP contribution in [0.5, 0.6) is 11.5 Å². The van der Waals surface area contributed by atoms with Crippen LogP contribution in [0.3, 0.4) is 0 Å². The number of nitriles is 1. The Kier molecular flexibility index (Phi) is 4.93. The molecule has 0 unspecified atom stereocenters. The molecule has 2 N–H and O–H groups in total. The predicted octanol–water partition coefficient (Wildman–Crippen LogP) is 4.71. The summed E-state index contributed by atoms with van der Waals surface area (Å²) in [5.41, 5.74) is 8.67. The standard InChI is InChI=1S/C18H14BrN3O2S/c1-23-14-4-3-10(7-15(14)24-2)13-8-11(12(9-20)18(21)22-13)16-5-6-17(19)25-16/h3-8H,1-2H3,(H2,21,22). The largest absolute Gasteiger partial charge is 0.493 e. The number of halogens is 1. The monoisotopic (exact) mass is 415 g/mol. The van der Waals surface area contributed by atoms with E-state index in [1.54, 1.807) is 14.2 Å². The summed E-state index contributed by atoms with van der Waals surface area (Å²) in [4.78, 5) is 5.33. The fraction of sp³-hybridized carbons (Fsp3) is 0.111. The average molecular weight is 416 g/mol. The number of methoxy groups -OCH3 is 2. The Morgan fingerprint density at radius 2 is 1.88 bits per heavy atom. The van der Waals surface area contributed by atoms with Gasteiger partial charge in [0.05, 0.1) is 23.7 Å². The number of ether oxygens (including phenoxy) is 2. The van der Waals surface area contributed by atoms with E-state index in [4.69, 9.17) is 15.2 Å². The molecule has 7 heteroatoms. The van der Waals surface area contributed by atoms with Crippen molar-refractivity contribution in [2.75, 3.05) is 20.0 Å². The third kappa shape index (κ3) is 3.31. The van der Waals surface area contributed by atoms with Crippen molar-refractivity contribution in [3.63, 3.8) is 0 Å². The van der Waals surface area contributed by atoms with E-state index in [-0.39, 0.29) is 5.82 Å². The highest BCUT2D eigenvalue weighted by Gasteiger charge is 2.16. The highest BCUT2D eigenvalue weighted by Crippen LogP contribution is 2.38. The Morgan fingerprint density at radius 1 is 1.12 bits per heavy atom. The lowest BCUT2D eigenvalue weighted by molar-refractivity contribution is 0.355. The Morgan fingerprint density at radius 3 is 2.48 bits per heavy atom. The minimum Gasteiger partial charge on any atom is -0.493 e. The molecule has 3 rings (SSSR count). The van der Waals surface area contributed by atoms with Crippen LogP contribution in [-0.2, 0) is 0 Å². The molecule has 1 aromatic carbocycles. The molecule has 0 fully saturated rings. The topological polar surface area (TPSA) is 81.2 Å². The van der Waals surface area contributed by atoms with Crippen molar-refractivity contribution >= 4 is 33.1 Å². The molecule has 0 aliphatic rings. The molecule has 0 spiro atoms. The molecule has 0 bridgehead atoms. The lowest BCUT2D eigenvalue weighted by Gasteiger charge is -2.11. The van der Waals surface area contributed by atoms with Crippen LogP contribution in [0.25, 0.3) is 21.7 Å². The zero-order valence-corrected chi connectivity index (χ0v) is 15.9. The molecule has 2 aromatic heterocycles. The molecule has 0 atom stereocenters. The van der Waals surface area contributed by atoms with Crippen LogP contribution >= 0.6 is 27.3 Å². The summed E-state index contributed by atoms with van der Waals surface area (Å²) >= 11 is 4.99. The molecule has 3 aromatic rings. The summed E-state index contributed by atoms with van der Waals surface area (Å²) < 4.78 is 11.6. The highest BCUT2D eigenvalue weighted by atomic mass is 79.9. The molecule has 25 heavy (non-hydrogen) atoms. The Balaban J connectivity index is 2.18. The van der Waals surface area contributed by atoms with E-state index >= 15 is 0 Å². The maximum atomic E-state index is 9.47. The van der Waals surface area contributed by atoms with Gasteiger partial charge >= 0.3 is 0 Å². The van der Waals surface area contributed by atoms with E-state index < -0.39 is 0 Å². The first kappa shape index (κ1) is 17.3. The lowest BCUT2D eigenvalue weighted by Crippen LogP contribution is -1.99. The summed E-state index contributed by atoms with van der Waals surface area (Å²) in [5.74, 6) is 1.44. The minimum atomic E-state index is 0.203. The number of nitrogens with two attached hydrogens (primary N) is 1. The van der Waals surface area contributed by atoms with Crippen LogP contribution in [0.2, 0.25) is 0 Å². The van der Waals surface area contributed by atoms with Crippen LogP contribution in [0.15, 0.2) is 40.2 Å². The summed E-state index contributed by atoms with van der Waals surface area (Å²) in [7, 11) is 3.17. The van der Waals surface area contributed by atoms with Gasteiger partial charge in [0.15, 0.2) is 11.5 Å². The van der Waals surface area contributed by atoms with Crippen molar-refractivity contribution in [3.8, 4) is 39.3 Å². The molecule has 0 aliphatic heterocycles. The second-order valence-electron chi connectivity index (χ2n) is 5.10. The molecule has 0 saturated heterocycles. The van der Waals surface area contributed by atoms with Crippen molar-refractivity contribution in [3.05, 3.63) is 45.7 Å².